The summed E-state index contributed by atoms with van der Waals surface area (Å²) in [6.45, 7) is 8.99. The van der Waals surface area contributed by atoms with Gasteiger partial charge in [0.25, 0.3) is 5.91 Å². The molecule has 7 heteroatoms. The molecule has 1 atom stereocenters. The van der Waals surface area contributed by atoms with Crippen LogP contribution in [0.5, 0.6) is 0 Å². The van der Waals surface area contributed by atoms with Crippen LogP contribution in [0.4, 0.5) is 0 Å². The van der Waals surface area contributed by atoms with Gasteiger partial charge in [-0.05, 0) is 86.8 Å². The van der Waals surface area contributed by atoms with Gasteiger partial charge in [0.1, 0.15) is 6.04 Å². The first-order chi connectivity index (χ1) is 13.7. The van der Waals surface area contributed by atoms with Gasteiger partial charge in [0.2, 0.25) is 5.91 Å². The topological polar surface area (TPSA) is 82.3 Å². The number of thiocarbonyl (C=S) groups is 1. The third kappa shape index (κ3) is 5.41. The van der Waals surface area contributed by atoms with Crippen LogP contribution >= 0.6 is 12.2 Å². The minimum Gasteiger partial charge on any atom is -0.361 e. The zero-order chi connectivity index (χ0) is 21.2. The summed E-state index contributed by atoms with van der Waals surface area (Å²) >= 11 is 5.22. The molecule has 4 fully saturated rings. The molecule has 164 valence electrons. The molecule has 0 spiro atoms. The monoisotopic (exact) mass is 422 g/mol. The van der Waals surface area contributed by atoms with Crippen molar-refractivity contribution < 1.29 is 9.59 Å². The van der Waals surface area contributed by atoms with Gasteiger partial charge in [0.05, 0.1) is 0 Å². The van der Waals surface area contributed by atoms with Gasteiger partial charge in [0.15, 0.2) is 5.11 Å². The Balaban J connectivity index is 1.52. The number of hydrazine groups is 1. The van der Waals surface area contributed by atoms with E-state index < -0.39 is 6.04 Å². The molecule has 29 heavy (non-hydrogen) atoms. The predicted molar refractivity (Wildman–Crippen MR) is 119 cm³/mol. The molecular weight excluding hydrogens is 384 g/mol. The van der Waals surface area contributed by atoms with E-state index in [0.717, 1.165) is 32.2 Å². The van der Waals surface area contributed by atoms with Crippen LogP contribution in [0.3, 0.4) is 0 Å². The minimum absolute atomic E-state index is 0.00265. The Kier molecular flexibility index (Phi) is 7.07. The van der Waals surface area contributed by atoms with Crippen molar-refractivity contribution in [1.82, 2.24) is 21.5 Å². The van der Waals surface area contributed by atoms with Crippen molar-refractivity contribution in [3.8, 4) is 0 Å². The van der Waals surface area contributed by atoms with Crippen LogP contribution in [0.15, 0.2) is 0 Å². The summed E-state index contributed by atoms with van der Waals surface area (Å²) < 4.78 is 0. The molecule has 0 aromatic heterocycles. The summed E-state index contributed by atoms with van der Waals surface area (Å²) in [5, 5.41) is 6.58. The normalized spacial score (nSPS) is 30.9. The van der Waals surface area contributed by atoms with Crippen molar-refractivity contribution >= 4 is 29.1 Å². The summed E-state index contributed by atoms with van der Waals surface area (Å²) in [4.78, 5) is 26.1. The molecular formula is C22H38N4O2S. The summed E-state index contributed by atoms with van der Waals surface area (Å²) in [6, 6.07) is -0.568. The van der Waals surface area contributed by atoms with Gasteiger partial charge < -0.3 is 10.6 Å². The number of nitrogens with one attached hydrogen (secondary N) is 4. The number of amides is 2. The molecule has 4 bridgehead atoms. The minimum atomic E-state index is -0.568. The smallest absolute Gasteiger partial charge is 0.261 e. The van der Waals surface area contributed by atoms with E-state index >= 15 is 0 Å². The molecule has 0 heterocycles. The maximum Gasteiger partial charge on any atom is 0.261 e. The van der Waals surface area contributed by atoms with Crippen LogP contribution in [-0.2, 0) is 9.59 Å². The van der Waals surface area contributed by atoms with Gasteiger partial charge in [-0.2, -0.15) is 0 Å². The quantitative estimate of drug-likeness (QED) is 0.375. The Morgan fingerprint density at radius 2 is 1.52 bits per heavy atom. The fourth-order valence-corrected chi connectivity index (χ4v) is 6.09. The van der Waals surface area contributed by atoms with Gasteiger partial charge in [-0.1, -0.05) is 27.7 Å². The number of carbonyl (C=O) groups excluding carboxylic acids is 2. The average molecular weight is 423 g/mol. The number of hydrogen-bond donors (Lipinski definition) is 4. The summed E-state index contributed by atoms with van der Waals surface area (Å²) in [5.74, 6) is 2.54. The molecule has 0 aromatic carbocycles. The zero-order valence-electron chi connectivity index (χ0n) is 18.3. The molecule has 4 saturated carbocycles. The lowest BCUT2D eigenvalue weighted by molar-refractivity contribution is -0.149. The fourth-order valence-electron chi connectivity index (χ4n) is 5.93. The second-order valence-electron chi connectivity index (χ2n) is 10.4. The van der Waals surface area contributed by atoms with E-state index in [1.54, 1.807) is 0 Å². The maximum atomic E-state index is 13.3. The first kappa shape index (κ1) is 22.3. The molecule has 4 aliphatic carbocycles. The zero-order valence-corrected chi connectivity index (χ0v) is 19.2. The predicted octanol–water partition coefficient (Wildman–Crippen LogP) is 2.89. The van der Waals surface area contributed by atoms with E-state index in [1.807, 2.05) is 13.8 Å². The molecule has 2 amide bonds. The van der Waals surface area contributed by atoms with Crippen molar-refractivity contribution in [1.29, 1.82) is 0 Å². The van der Waals surface area contributed by atoms with E-state index in [4.69, 9.17) is 12.2 Å². The van der Waals surface area contributed by atoms with Crippen molar-refractivity contribution in [2.75, 3.05) is 6.54 Å². The second-order valence-corrected chi connectivity index (χ2v) is 10.9. The van der Waals surface area contributed by atoms with E-state index in [2.05, 4.69) is 35.3 Å². The molecule has 4 N–H and O–H groups in total. The Morgan fingerprint density at radius 1 is 0.966 bits per heavy atom. The SMILES string of the molecule is CC(C)CCNC(=S)NNC(=O)[C@H](NC(=O)C12CC3CC(CC(C3)C1)C2)C(C)C. The molecule has 0 saturated heterocycles. The van der Waals surface area contributed by atoms with Gasteiger partial charge in [0, 0.05) is 12.0 Å². The maximum absolute atomic E-state index is 13.3. The largest absolute Gasteiger partial charge is 0.361 e. The lowest BCUT2D eigenvalue weighted by Crippen LogP contribution is -2.60. The average Bonchev–Trinajstić information content (AvgIpc) is 2.62. The standard InChI is InChI=1S/C22H38N4O2S/c1-13(2)5-6-23-21(29)26-25-19(27)18(14(3)4)24-20(28)22-10-15-7-16(11-22)9-17(8-15)12-22/h13-18H,5-12H2,1-4H3,(H,24,28)(H,25,27)(H2,23,26,29)/t15?,16?,17?,18-,22?/m1/s1. The molecule has 0 radical (unpaired) electrons. The van der Waals surface area contributed by atoms with Crippen LogP contribution in [0, 0.1) is 35.0 Å². The first-order valence-corrected chi connectivity index (χ1v) is 11.7. The van der Waals surface area contributed by atoms with Crippen molar-refractivity contribution in [3.63, 3.8) is 0 Å². The fraction of sp³-hybridized carbons (Fsp3) is 0.864. The molecule has 4 aliphatic rings. The molecule has 0 unspecified atom stereocenters. The number of rotatable bonds is 7. The van der Waals surface area contributed by atoms with Crippen LogP contribution in [-0.4, -0.2) is 29.5 Å². The van der Waals surface area contributed by atoms with Crippen molar-refractivity contribution in [2.45, 2.75) is 78.7 Å². The Morgan fingerprint density at radius 3 is 2.00 bits per heavy atom. The molecule has 6 nitrogen and oxygen atoms in total. The Bertz CT molecular complexity index is 599. The van der Waals surface area contributed by atoms with Gasteiger partial charge >= 0.3 is 0 Å². The van der Waals surface area contributed by atoms with E-state index in [9.17, 15) is 9.59 Å². The van der Waals surface area contributed by atoms with Crippen LogP contribution < -0.4 is 21.5 Å². The molecule has 4 rings (SSSR count). The Labute approximate surface area is 180 Å². The number of hydrogen-bond acceptors (Lipinski definition) is 3. The van der Waals surface area contributed by atoms with E-state index in [0.29, 0.717) is 28.8 Å². The highest BCUT2D eigenvalue weighted by Crippen LogP contribution is 2.60. The highest BCUT2D eigenvalue weighted by molar-refractivity contribution is 7.80. The van der Waals surface area contributed by atoms with Crippen molar-refractivity contribution in [3.05, 3.63) is 0 Å². The van der Waals surface area contributed by atoms with Gasteiger partial charge in [-0.3, -0.25) is 20.4 Å². The summed E-state index contributed by atoms with van der Waals surface area (Å²) in [7, 11) is 0. The van der Waals surface area contributed by atoms with Crippen LogP contribution in [0.2, 0.25) is 0 Å². The van der Waals surface area contributed by atoms with E-state index in [-0.39, 0.29) is 23.1 Å². The highest BCUT2D eigenvalue weighted by atomic mass is 32.1. The lowest BCUT2D eigenvalue weighted by atomic mass is 9.49. The van der Waals surface area contributed by atoms with E-state index in [1.165, 1.54) is 19.3 Å². The first-order valence-electron chi connectivity index (χ1n) is 11.3. The molecule has 0 aliphatic heterocycles. The van der Waals surface area contributed by atoms with Crippen LogP contribution in [0.1, 0.15) is 72.6 Å². The highest BCUT2D eigenvalue weighted by Gasteiger charge is 2.55. The third-order valence-corrected chi connectivity index (χ3v) is 7.31. The summed E-state index contributed by atoms with van der Waals surface area (Å²) in [6.07, 6.45) is 7.90. The van der Waals surface area contributed by atoms with Crippen molar-refractivity contribution in [2.24, 2.45) is 35.0 Å². The lowest BCUT2D eigenvalue weighted by Gasteiger charge is -2.55. The Hall–Kier alpha value is -1.37. The van der Waals surface area contributed by atoms with Crippen LogP contribution in [0.25, 0.3) is 0 Å². The van der Waals surface area contributed by atoms with Gasteiger partial charge in [-0.15, -0.1) is 0 Å². The third-order valence-electron chi connectivity index (χ3n) is 7.06. The molecule has 0 aromatic rings. The number of carbonyl (C=O) groups is 2. The van der Waals surface area contributed by atoms with Gasteiger partial charge in [-0.25, -0.2) is 0 Å². The second kappa shape index (κ2) is 9.19. The summed E-state index contributed by atoms with van der Waals surface area (Å²) in [5.41, 5.74) is 5.20.